The molecule has 0 fully saturated rings. The molecule has 0 rings (SSSR count). The van der Waals surface area contributed by atoms with E-state index in [0.29, 0.717) is 6.42 Å². The van der Waals surface area contributed by atoms with Gasteiger partial charge >= 0.3 is 15.2 Å². The second-order valence-electron chi connectivity index (χ2n) is 6.89. The van der Waals surface area contributed by atoms with Crippen molar-refractivity contribution in [3.63, 3.8) is 0 Å². The normalized spacial score (nSPS) is 15.8. The maximum Gasteiger partial charge on any atom is 0.340 e. The molecular formula is C15H36N2O7P2. The lowest BCUT2D eigenvalue weighted by Gasteiger charge is -2.32. The van der Waals surface area contributed by atoms with Gasteiger partial charge in [-0.3, -0.25) is 14.0 Å². The first-order valence-electron chi connectivity index (χ1n) is 9.03. The molecule has 0 aliphatic heterocycles. The number of unbranched alkanes of at least 4 members (excludes halogenated alkanes) is 2. The fourth-order valence-corrected chi connectivity index (χ4v) is 5.35. The van der Waals surface area contributed by atoms with Crippen LogP contribution in [-0.4, -0.2) is 79.3 Å². The fourth-order valence-electron chi connectivity index (χ4n) is 2.88. The van der Waals surface area contributed by atoms with Gasteiger partial charge in [-0.2, -0.15) is 0 Å². The molecule has 0 aliphatic rings. The van der Waals surface area contributed by atoms with E-state index in [2.05, 4.69) is 11.8 Å². The number of aliphatic hydroxyl groups excluding tert-OH is 1. The maximum atomic E-state index is 11.3. The summed E-state index contributed by atoms with van der Waals surface area (Å²) in [7, 11) is -6.27. The molecule has 0 saturated heterocycles. The zero-order valence-electron chi connectivity index (χ0n) is 16.2. The van der Waals surface area contributed by atoms with Crippen LogP contribution in [0.25, 0.3) is 0 Å². The molecular weight excluding hydrogens is 382 g/mol. The Morgan fingerprint density at radius 1 is 0.885 bits per heavy atom. The molecule has 0 aromatic carbocycles. The van der Waals surface area contributed by atoms with Crippen LogP contribution >= 0.6 is 15.2 Å². The van der Waals surface area contributed by atoms with Crippen molar-refractivity contribution < 1.29 is 33.8 Å². The minimum absolute atomic E-state index is 0.0297. The lowest BCUT2D eigenvalue weighted by Crippen LogP contribution is -2.41. The van der Waals surface area contributed by atoms with Crippen molar-refractivity contribution in [2.24, 2.45) is 0 Å². The van der Waals surface area contributed by atoms with Crippen LogP contribution in [-0.2, 0) is 9.13 Å². The fraction of sp³-hybridized carbons (Fsp3) is 1.00. The summed E-state index contributed by atoms with van der Waals surface area (Å²) in [5, 5.41) is 8.33. The Bertz CT molecular complexity index is 461. The van der Waals surface area contributed by atoms with Gasteiger partial charge in [-0.1, -0.05) is 26.7 Å². The molecule has 0 aromatic rings. The average molecular weight is 418 g/mol. The van der Waals surface area contributed by atoms with Crippen LogP contribution < -0.4 is 0 Å². The lowest BCUT2D eigenvalue weighted by atomic mass is 10.1. The first kappa shape index (κ1) is 26.2. The van der Waals surface area contributed by atoms with Crippen LogP contribution in [0.2, 0.25) is 0 Å². The van der Waals surface area contributed by atoms with Crippen molar-refractivity contribution in [1.29, 1.82) is 0 Å². The van der Waals surface area contributed by atoms with E-state index < -0.39 is 33.2 Å². The SMILES string of the molecule is CCCCCN(C)C(CC)CC(O)N(C)CCC(P(=O)(O)O)P(=O)(O)O. The van der Waals surface area contributed by atoms with E-state index in [4.69, 9.17) is 19.6 Å². The van der Waals surface area contributed by atoms with Crippen molar-refractivity contribution in [3.05, 3.63) is 0 Å². The van der Waals surface area contributed by atoms with Crippen LogP contribution in [0.5, 0.6) is 0 Å². The number of rotatable bonds is 14. The van der Waals surface area contributed by atoms with Gasteiger partial charge in [0.2, 0.25) is 0 Å². The molecule has 26 heavy (non-hydrogen) atoms. The Morgan fingerprint density at radius 3 is 1.85 bits per heavy atom. The maximum absolute atomic E-state index is 11.3. The Balaban J connectivity index is 4.67. The highest BCUT2D eigenvalue weighted by atomic mass is 31.2. The van der Waals surface area contributed by atoms with Crippen LogP contribution in [0.4, 0.5) is 0 Å². The number of hydrogen-bond acceptors (Lipinski definition) is 5. The topological polar surface area (TPSA) is 142 Å². The summed E-state index contributed by atoms with van der Waals surface area (Å²) >= 11 is 0. The Labute approximate surface area is 156 Å². The van der Waals surface area contributed by atoms with Gasteiger partial charge in [-0.15, -0.1) is 0 Å². The van der Waals surface area contributed by atoms with Gasteiger partial charge < -0.3 is 29.6 Å². The smallest absolute Gasteiger partial charge is 0.340 e. The molecule has 158 valence electrons. The largest absolute Gasteiger partial charge is 0.378 e. The summed E-state index contributed by atoms with van der Waals surface area (Å²) in [6.07, 6.45) is 3.41. The van der Waals surface area contributed by atoms with Crippen LogP contribution in [0.1, 0.15) is 52.4 Å². The van der Waals surface area contributed by atoms with E-state index in [1.807, 2.05) is 14.0 Å². The Kier molecular flexibility index (Phi) is 12.0. The average Bonchev–Trinajstić information content (AvgIpc) is 2.49. The molecule has 0 aliphatic carbocycles. The summed E-state index contributed by atoms with van der Waals surface area (Å²) < 4.78 is 22.6. The molecule has 0 aromatic heterocycles. The monoisotopic (exact) mass is 418 g/mol. The van der Waals surface area contributed by atoms with E-state index in [0.717, 1.165) is 32.2 Å². The summed E-state index contributed by atoms with van der Waals surface area (Å²) in [6, 6.07) is 0.156. The van der Waals surface area contributed by atoms with Gasteiger partial charge in [0.05, 0.1) is 0 Å². The summed E-state index contributed by atoms with van der Waals surface area (Å²) in [5.41, 5.74) is 0. The third-order valence-electron chi connectivity index (χ3n) is 4.72. The van der Waals surface area contributed by atoms with Crippen molar-refractivity contribution in [2.45, 2.75) is 70.0 Å². The van der Waals surface area contributed by atoms with Crippen LogP contribution in [0.3, 0.4) is 0 Å². The molecule has 2 unspecified atom stereocenters. The van der Waals surface area contributed by atoms with Crippen LogP contribution in [0, 0.1) is 0 Å². The van der Waals surface area contributed by atoms with E-state index in [1.54, 1.807) is 7.05 Å². The zero-order chi connectivity index (χ0) is 20.5. The number of nitrogens with zero attached hydrogens (tertiary/aromatic N) is 2. The Morgan fingerprint density at radius 2 is 1.42 bits per heavy atom. The zero-order valence-corrected chi connectivity index (χ0v) is 18.0. The quantitative estimate of drug-likeness (QED) is 0.161. The van der Waals surface area contributed by atoms with Gasteiger partial charge in [0.15, 0.2) is 5.40 Å². The molecule has 0 radical (unpaired) electrons. The molecule has 9 nitrogen and oxygen atoms in total. The molecule has 0 saturated carbocycles. The Hall–Kier alpha value is 0.180. The minimum atomic E-state index is -4.93. The number of aliphatic hydroxyl groups is 1. The lowest BCUT2D eigenvalue weighted by molar-refractivity contribution is -0.00533. The van der Waals surface area contributed by atoms with E-state index in [9.17, 15) is 14.2 Å². The highest BCUT2D eigenvalue weighted by molar-refractivity contribution is 7.70. The van der Waals surface area contributed by atoms with Gasteiger partial charge in [-0.25, -0.2) is 0 Å². The van der Waals surface area contributed by atoms with E-state index in [-0.39, 0.29) is 12.6 Å². The first-order valence-corrected chi connectivity index (χ1v) is 12.4. The first-order chi connectivity index (χ1) is 11.8. The van der Waals surface area contributed by atoms with Gasteiger partial charge in [0.1, 0.15) is 6.23 Å². The van der Waals surface area contributed by atoms with Gasteiger partial charge in [0.25, 0.3) is 0 Å². The van der Waals surface area contributed by atoms with Crippen molar-refractivity contribution in [3.8, 4) is 0 Å². The molecule has 0 heterocycles. The van der Waals surface area contributed by atoms with Crippen molar-refractivity contribution in [2.75, 3.05) is 27.2 Å². The van der Waals surface area contributed by atoms with Crippen LogP contribution in [0.15, 0.2) is 0 Å². The second-order valence-corrected chi connectivity index (χ2v) is 10.9. The van der Waals surface area contributed by atoms with E-state index in [1.165, 1.54) is 4.90 Å². The standard InChI is InChI=1S/C15H36N2O7P2/c1-5-7-8-10-16(3)13(6-2)12-14(18)17(4)11-9-15(25(19,20)21)26(22,23)24/h13-15,18H,5-12H2,1-4H3,(H2,19,20,21)(H2,22,23,24). The van der Waals surface area contributed by atoms with E-state index >= 15 is 0 Å². The molecule has 0 amide bonds. The highest BCUT2D eigenvalue weighted by Crippen LogP contribution is 2.61. The number of hydrogen-bond donors (Lipinski definition) is 5. The molecule has 5 N–H and O–H groups in total. The highest BCUT2D eigenvalue weighted by Gasteiger charge is 2.43. The predicted octanol–water partition coefficient (Wildman–Crippen LogP) is 1.60. The van der Waals surface area contributed by atoms with Crippen molar-refractivity contribution in [1.82, 2.24) is 9.80 Å². The molecule has 11 heteroatoms. The van der Waals surface area contributed by atoms with Gasteiger partial charge in [0, 0.05) is 19.0 Å². The second kappa shape index (κ2) is 11.9. The third kappa shape index (κ3) is 9.93. The molecule has 0 spiro atoms. The predicted molar refractivity (Wildman–Crippen MR) is 102 cm³/mol. The summed E-state index contributed by atoms with van der Waals surface area (Å²) in [5.74, 6) is 0. The summed E-state index contributed by atoms with van der Waals surface area (Å²) in [6.45, 7) is 5.07. The summed E-state index contributed by atoms with van der Waals surface area (Å²) in [4.78, 5) is 40.3. The third-order valence-corrected chi connectivity index (χ3v) is 8.59. The minimum Gasteiger partial charge on any atom is -0.378 e. The molecule has 0 bridgehead atoms. The van der Waals surface area contributed by atoms with Gasteiger partial charge in [-0.05, 0) is 39.9 Å². The molecule has 2 atom stereocenters. The van der Waals surface area contributed by atoms with Crippen molar-refractivity contribution >= 4 is 15.2 Å².